The minimum absolute atomic E-state index is 0.0740. The highest BCUT2D eigenvalue weighted by Crippen LogP contribution is 2.18. The van der Waals surface area contributed by atoms with Gasteiger partial charge in [0.2, 0.25) is 0 Å². The number of carbonyl (C=O) groups is 1. The quantitative estimate of drug-likeness (QED) is 0.501. The molecular weight excluding hydrogens is 246 g/mol. The molecule has 1 amide bonds. The van der Waals surface area contributed by atoms with Gasteiger partial charge in [0.15, 0.2) is 0 Å². The van der Waals surface area contributed by atoms with Crippen molar-refractivity contribution in [1.82, 2.24) is 0 Å². The van der Waals surface area contributed by atoms with Crippen molar-refractivity contribution in [2.24, 2.45) is 0 Å². The van der Waals surface area contributed by atoms with Crippen LogP contribution in [0.5, 0.6) is 0 Å². The van der Waals surface area contributed by atoms with Crippen molar-refractivity contribution in [3.8, 4) is 0 Å². The summed E-state index contributed by atoms with van der Waals surface area (Å²) in [6.07, 6.45) is 0. The van der Waals surface area contributed by atoms with Crippen LogP contribution in [0.3, 0.4) is 0 Å². The van der Waals surface area contributed by atoms with Gasteiger partial charge in [-0.05, 0) is 30.3 Å². The number of nitro groups is 1. The molecule has 0 saturated heterocycles. The van der Waals surface area contributed by atoms with Crippen molar-refractivity contribution in [3.63, 3.8) is 0 Å². The Morgan fingerprint density at radius 3 is 2.47 bits per heavy atom. The number of hydrogen-bond donors (Lipinski definition) is 2. The molecule has 96 valence electrons. The molecule has 0 aliphatic rings. The number of nitro benzene ring substituents is 1. The van der Waals surface area contributed by atoms with E-state index in [-0.39, 0.29) is 11.6 Å². The molecule has 0 saturated carbocycles. The van der Waals surface area contributed by atoms with Gasteiger partial charge in [0.25, 0.3) is 11.6 Å². The molecule has 0 atom stereocenters. The van der Waals surface area contributed by atoms with Crippen molar-refractivity contribution in [3.05, 3.63) is 64.2 Å². The van der Waals surface area contributed by atoms with E-state index < -0.39 is 4.92 Å². The van der Waals surface area contributed by atoms with Gasteiger partial charge in [-0.1, -0.05) is 6.07 Å². The highest BCUT2D eigenvalue weighted by molar-refractivity contribution is 6.04. The van der Waals surface area contributed by atoms with Crippen LogP contribution in [-0.4, -0.2) is 10.8 Å². The molecule has 0 radical (unpaired) electrons. The Bertz CT molecular complexity index is 623. The summed E-state index contributed by atoms with van der Waals surface area (Å²) in [6.45, 7) is 0. The summed E-state index contributed by atoms with van der Waals surface area (Å²) >= 11 is 0. The molecule has 6 heteroatoms. The summed E-state index contributed by atoms with van der Waals surface area (Å²) in [5.41, 5.74) is 6.82. The first-order valence-electron chi connectivity index (χ1n) is 5.47. The maximum atomic E-state index is 11.9. The zero-order valence-corrected chi connectivity index (χ0v) is 9.87. The average Bonchev–Trinajstić information content (AvgIpc) is 2.39. The number of amides is 1. The van der Waals surface area contributed by atoms with E-state index in [0.29, 0.717) is 16.9 Å². The van der Waals surface area contributed by atoms with E-state index in [9.17, 15) is 14.9 Å². The summed E-state index contributed by atoms with van der Waals surface area (Å²) in [7, 11) is 0. The number of hydrogen-bond acceptors (Lipinski definition) is 4. The standard InChI is InChI=1S/C13H11N3O3/c14-10-6-4-9(5-7-10)13(17)15-11-2-1-3-12(8-11)16(18)19/h1-8H,14H2,(H,15,17). The molecular formula is C13H11N3O3. The van der Waals surface area contributed by atoms with Crippen LogP contribution in [0.1, 0.15) is 10.4 Å². The Kier molecular flexibility index (Phi) is 3.42. The van der Waals surface area contributed by atoms with Crippen molar-refractivity contribution < 1.29 is 9.72 Å². The van der Waals surface area contributed by atoms with Gasteiger partial charge in [-0.2, -0.15) is 0 Å². The van der Waals surface area contributed by atoms with Crippen molar-refractivity contribution in [2.45, 2.75) is 0 Å². The summed E-state index contributed by atoms with van der Waals surface area (Å²) in [6, 6.07) is 12.2. The topological polar surface area (TPSA) is 98.3 Å². The molecule has 3 N–H and O–H groups in total. The van der Waals surface area contributed by atoms with Gasteiger partial charge in [0.05, 0.1) is 4.92 Å². The van der Waals surface area contributed by atoms with Crippen LogP contribution in [0.2, 0.25) is 0 Å². The Labute approximate surface area is 109 Å². The zero-order chi connectivity index (χ0) is 13.8. The van der Waals surface area contributed by atoms with Gasteiger partial charge in [-0.15, -0.1) is 0 Å². The summed E-state index contributed by atoms with van der Waals surface area (Å²) < 4.78 is 0. The number of benzene rings is 2. The lowest BCUT2D eigenvalue weighted by molar-refractivity contribution is -0.384. The average molecular weight is 257 g/mol. The smallest absolute Gasteiger partial charge is 0.271 e. The van der Waals surface area contributed by atoms with Crippen molar-refractivity contribution in [2.75, 3.05) is 11.1 Å². The minimum atomic E-state index is -0.515. The highest BCUT2D eigenvalue weighted by atomic mass is 16.6. The van der Waals surface area contributed by atoms with Crippen LogP contribution >= 0.6 is 0 Å². The van der Waals surface area contributed by atoms with Gasteiger partial charge < -0.3 is 11.1 Å². The first kappa shape index (κ1) is 12.6. The predicted octanol–water partition coefficient (Wildman–Crippen LogP) is 2.43. The van der Waals surface area contributed by atoms with E-state index >= 15 is 0 Å². The van der Waals surface area contributed by atoms with Crippen LogP contribution in [0.15, 0.2) is 48.5 Å². The second-order valence-corrected chi connectivity index (χ2v) is 3.88. The van der Waals surface area contributed by atoms with Crippen LogP contribution in [0.25, 0.3) is 0 Å². The van der Waals surface area contributed by atoms with Crippen LogP contribution in [-0.2, 0) is 0 Å². The number of nitrogen functional groups attached to an aromatic ring is 1. The number of nitrogens with one attached hydrogen (secondary N) is 1. The van der Waals surface area contributed by atoms with Crippen LogP contribution < -0.4 is 11.1 Å². The maximum Gasteiger partial charge on any atom is 0.271 e. The number of nitrogens with zero attached hydrogens (tertiary/aromatic N) is 1. The molecule has 0 aromatic heterocycles. The van der Waals surface area contributed by atoms with Crippen molar-refractivity contribution >= 4 is 23.0 Å². The SMILES string of the molecule is Nc1ccc(C(=O)Nc2cccc([N+](=O)[O-])c2)cc1. The molecule has 2 aromatic carbocycles. The fourth-order valence-corrected chi connectivity index (χ4v) is 1.53. The molecule has 2 rings (SSSR count). The van der Waals surface area contributed by atoms with Gasteiger partial charge in [0, 0.05) is 29.1 Å². The third-order valence-corrected chi connectivity index (χ3v) is 2.49. The fourth-order valence-electron chi connectivity index (χ4n) is 1.53. The molecule has 0 aliphatic carbocycles. The number of anilines is 2. The Morgan fingerprint density at radius 1 is 1.16 bits per heavy atom. The molecule has 0 unspecified atom stereocenters. The highest BCUT2D eigenvalue weighted by Gasteiger charge is 2.09. The molecule has 0 fully saturated rings. The van der Waals surface area contributed by atoms with E-state index in [1.165, 1.54) is 18.2 Å². The van der Waals surface area contributed by atoms with Crippen molar-refractivity contribution in [1.29, 1.82) is 0 Å². The number of nitrogens with two attached hydrogens (primary N) is 1. The first-order chi connectivity index (χ1) is 9.06. The number of rotatable bonds is 3. The molecule has 0 spiro atoms. The normalized spacial score (nSPS) is 9.89. The lowest BCUT2D eigenvalue weighted by Crippen LogP contribution is -2.11. The number of carbonyl (C=O) groups excluding carboxylic acids is 1. The van der Waals surface area contributed by atoms with Gasteiger partial charge in [-0.25, -0.2) is 0 Å². The van der Waals surface area contributed by atoms with Gasteiger partial charge in [-0.3, -0.25) is 14.9 Å². The number of non-ortho nitro benzene ring substituents is 1. The monoisotopic (exact) mass is 257 g/mol. The second-order valence-electron chi connectivity index (χ2n) is 3.88. The molecule has 6 nitrogen and oxygen atoms in total. The minimum Gasteiger partial charge on any atom is -0.399 e. The molecule has 0 bridgehead atoms. The van der Waals surface area contributed by atoms with E-state index in [2.05, 4.69) is 5.32 Å². The Hall–Kier alpha value is -2.89. The third-order valence-electron chi connectivity index (χ3n) is 2.49. The summed E-state index contributed by atoms with van der Waals surface area (Å²) in [5.74, 6) is -0.347. The summed E-state index contributed by atoms with van der Waals surface area (Å²) in [4.78, 5) is 22.0. The van der Waals surface area contributed by atoms with Crippen LogP contribution in [0, 0.1) is 10.1 Å². The van der Waals surface area contributed by atoms with E-state index in [1.54, 1.807) is 30.3 Å². The Morgan fingerprint density at radius 2 is 1.84 bits per heavy atom. The molecule has 19 heavy (non-hydrogen) atoms. The predicted molar refractivity (Wildman–Crippen MR) is 71.9 cm³/mol. The zero-order valence-electron chi connectivity index (χ0n) is 9.87. The largest absolute Gasteiger partial charge is 0.399 e. The lowest BCUT2D eigenvalue weighted by atomic mass is 10.2. The maximum absolute atomic E-state index is 11.9. The molecule has 0 aliphatic heterocycles. The summed E-state index contributed by atoms with van der Waals surface area (Å²) in [5, 5.41) is 13.2. The molecule has 2 aromatic rings. The Balaban J connectivity index is 2.17. The first-order valence-corrected chi connectivity index (χ1v) is 5.47. The third kappa shape index (κ3) is 3.06. The van der Waals surface area contributed by atoms with E-state index in [1.807, 2.05) is 0 Å². The van der Waals surface area contributed by atoms with Crippen LogP contribution in [0.4, 0.5) is 17.1 Å². The van der Waals surface area contributed by atoms with E-state index in [4.69, 9.17) is 5.73 Å². The lowest BCUT2D eigenvalue weighted by Gasteiger charge is -2.05. The van der Waals surface area contributed by atoms with Gasteiger partial charge >= 0.3 is 0 Å². The molecule has 0 heterocycles. The fraction of sp³-hybridized carbons (Fsp3) is 0. The van der Waals surface area contributed by atoms with Gasteiger partial charge in [0.1, 0.15) is 0 Å². The van der Waals surface area contributed by atoms with E-state index in [0.717, 1.165) is 0 Å². The second kappa shape index (κ2) is 5.18.